The topological polar surface area (TPSA) is 72.6 Å². The van der Waals surface area contributed by atoms with E-state index in [-0.39, 0.29) is 12.2 Å². The number of carboxylic acids is 1. The molecule has 2 aromatic rings. The molecule has 5 nitrogen and oxygen atoms in total. The van der Waals surface area contributed by atoms with Gasteiger partial charge in [0.05, 0.1) is 11.8 Å². The van der Waals surface area contributed by atoms with Crippen molar-refractivity contribution in [2.45, 2.75) is 13.5 Å². The number of carbonyl (C=O) groups is 1. The summed E-state index contributed by atoms with van der Waals surface area (Å²) in [5.74, 6) is 0.140. The van der Waals surface area contributed by atoms with E-state index in [4.69, 9.17) is 14.4 Å². The highest BCUT2D eigenvalue weighted by Crippen LogP contribution is 2.20. The van der Waals surface area contributed by atoms with Gasteiger partial charge in [-0.2, -0.15) is 0 Å². The number of nitrogens with zero attached hydrogens (tertiary/aromatic N) is 1. The Kier molecular flexibility index (Phi) is 3.09. The molecule has 0 radical (unpaired) electrons. The third kappa shape index (κ3) is 2.63. The van der Waals surface area contributed by atoms with E-state index in [1.807, 2.05) is 6.92 Å². The lowest BCUT2D eigenvalue weighted by atomic mass is 10.1. The molecule has 1 aromatic carbocycles. The average molecular weight is 233 g/mol. The molecule has 88 valence electrons. The van der Waals surface area contributed by atoms with Gasteiger partial charge in [-0.25, -0.2) is 4.79 Å². The highest BCUT2D eigenvalue weighted by atomic mass is 16.5. The predicted octanol–water partition coefficient (Wildman–Crippen LogP) is 2.26. The van der Waals surface area contributed by atoms with Crippen molar-refractivity contribution in [3.05, 3.63) is 47.3 Å². The maximum Gasteiger partial charge on any atom is 0.335 e. The first-order chi connectivity index (χ1) is 8.16. The first kappa shape index (κ1) is 11.2. The average Bonchev–Trinajstić information content (AvgIpc) is 2.80. The van der Waals surface area contributed by atoms with Gasteiger partial charge >= 0.3 is 5.97 Å². The molecule has 0 unspecified atom stereocenters. The molecule has 1 N–H and O–H groups in total. The van der Waals surface area contributed by atoms with E-state index >= 15 is 0 Å². The van der Waals surface area contributed by atoms with Crippen LogP contribution in [0.1, 0.15) is 21.7 Å². The van der Waals surface area contributed by atoms with Gasteiger partial charge < -0.3 is 14.4 Å². The Labute approximate surface area is 97.6 Å². The van der Waals surface area contributed by atoms with Crippen molar-refractivity contribution in [2.24, 2.45) is 0 Å². The molecule has 0 bridgehead atoms. The lowest BCUT2D eigenvalue weighted by Crippen LogP contribution is -2.00. The van der Waals surface area contributed by atoms with E-state index in [1.54, 1.807) is 18.2 Å². The highest BCUT2D eigenvalue weighted by molar-refractivity contribution is 5.88. The quantitative estimate of drug-likeness (QED) is 0.876. The Balaban J connectivity index is 2.14. The summed E-state index contributed by atoms with van der Waals surface area (Å²) >= 11 is 0. The summed E-state index contributed by atoms with van der Waals surface area (Å²) in [4.78, 5) is 10.8. The second-order valence-corrected chi connectivity index (χ2v) is 3.55. The van der Waals surface area contributed by atoms with Gasteiger partial charge in [-0.15, -0.1) is 0 Å². The fourth-order valence-electron chi connectivity index (χ4n) is 1.35. The van der Waals surface area contributed by atoms with Gasteiger partial charge in [-0.3, -0.25) is 0 Å². The standard InChI is InChI=1S/C12H11NO4/c1-8-2-3-9(12(14)15)6-11(8)16-7-10-4-5-13-17-10/h2-6H,7H2,1H3,(H,14,15). The monoisotopic (exact) mass is 233 g/mol. The predicted molar refractivity (Wildman–Crippen MR) is 59.0 cm³/mol. The molecular formula is C12H11NO4. The zero-order valence-electron chi connectivity index (χ0n) is 9.21. The molecule has 5 heteroatoms. The molecule has 1 heterocycles. The van der Waals surface area contributed by atoms with Crippen LogP contribution in [0.3, 0.4) is 0 Å². The van der Waals surface area contributed by atoms with E-state index in [2.05, 4.69) is 5.16 Å². The van der Waals surface area contributed by atoms with Crippen LogP contribution in [-0.2, 0) is 6.61 Å². The van der Waals surface area contributed by atoms with E-state index in [1.165, 1.54) is 12.3 Å². The van der Waals surface area contributed by atoms with Gasteiger partial charge in [0.25, 0.3) is 0 Å². The van der Waals surface area contributed by atoms with Crippen LogP contribution in [0.5, 0.6) is 5.75 Å². The molecule has 0 atom stereocenters. The Morgan fingerprint density at radius 2 is 2.29 bits per heavy atom. The number of hydrogen-bond acceptors (Lipinski definition) is 4. The van der Waals surface area contributed by atoms with Gasteiger partial charge in [0.1, 0.15) is 12.4 Å². The van der Waals surface area contributed by atoms with Crippen LogP contribution in [0.2, 0.25) is 0 Å². The molecule has 0 fully saturated rings. The normalized spacial score (nSPS) is 10.2. The number of ether oxygens (including phenoxy) is 1. The Morgan fingerprint density at radius 3 is 2.94 bits per heavy atom. The van der Waals surface area contributed by atoms with E-state index in [0.29, 0.717) is 11.5 Å². The zero-order chi connectivity index (χ0) is 12.3. The summed E-state index contributed by atoms with van der Waals surface area (Å²) in [5.41, 5.74) is 1.07. The molecule has 0 aliphatic carbocycles. The number of hydrogen-bond donors (Lipinski definition) is 1. The maximum atomic E-state index is 10.8. The minimum absolute atomic E-state index is 0.197. The Bertz CT molecular complexity index is 519. The van der Waals surface area contributed by atoms with Gasteiger partial charge in [0, 0.05) is 6.07 Å². The van der Waals surface area contributed by atoms with Crippen molar-refractivity contribution < 1.29 is 19.2 Å². The van der Waals surface area contributed by atoms with Crippen LogP contribution in [-0.4, -0.2) is 16.2 Å². The number of carboxylic acid groups (broad SMARTS) is 1. The maximum absolute atomic E-state index is 10.8. The van der Waals surface area contributed by atoms with Gasteiger partial charge in [-0.05, 0) is 24.6 Å². The van der Waals surface area contributed by atoms with Gasteiger partial charge in [-0.1, -0.05) is 11.2 Å². The summed E-state index contributed by atoms with van der Waals surface area (Å²) < 4.78 is 10.4. The van der Waals surface area contributed by atoms with Crippen molar-refractivity contribution in [1.82, 2.24) is 5.16 Å². The first-order valence-corrected chi connectivity index (χ1v) is 5.03. The van der Waals surface area contributed by atoms with Crippen LogP contribution >= 0.6 is 0 Å². The number of benzene rings is 1. The fraction of sp³-hybridized carbons (Fsp3) is 0.167. The summed E-state index contributed by atoms with van der Waals surface area (Å²) in [6.45, 7) is 2.07. The molecule has 0 spiro atoms. The largest absolute Gasteiger partial charge is 0.485 e. The van der Waals surface area contributed by atoms with Gasteiger partial charge in [0.2, 0.25) is 0 Å². The van der Waals surface area contributed by atoms with Crippen LogP contribution in [0.25, 0.3) is 0 Å². The van der Waals surface area contributed by atoms with Crippen LogP contribution in [0, 0.1) is 6.92 Å². The van der Waals surface area contributed by atoms with E-state index in [9.17, 15) is 4.79 Å². The number of aryl methyl sites for hydroxylation is 1. The summed E-state index contributed by atoms with van der Waals surface area (Å²) in [6.07, 6.45) is 1.53. The molecule has 0 saturated heterocycles. The molecular weight excluding hydrogens is 222 g/mol. The summed E-state index contributed by atoms with van der Waals surface area (Å²) in [5, 5.41) is 12.4. The van der Waals surface area contributed by atoms with Crippen molar-refractivity contribution in [2.75, 3.05) is 0 Å². The molecule has 0 aliphatic rings. The van der Waals surface area contributed by atoms with Crippen LogP contribution in [0.4, 0.5) is 0 Å². The summed E-state index contributed by atoms with van der Waals surface area (Å²) in [6, 6.07) is 6.43. The second-order valence-electron chi connectivity index (χ2n) is 3.55. The molecule has 0 amide bonds. The summed E-state index contributed by atoms with van der Waals surface area (Å²) in [7, 11) is 0. The van der Waals surface area contributed by atoms with E-state index < -0.39 is 5.97 Å². The lowest BCUT2D eigenvalue weighted by molar-refractivity contribution is 0.0696. The van der Waals surface area contributed by atoms with Crippen LogP contribution in [0.15, 0.2) is 35.0 Å². The molecule has 0 saturated carbocycles. The first-order valence-electron chi connectivity index (χ1n) is 5.03. The minimum atomic E-state index is -0.977. The van der Waals surface area contributed by atoms with Crippen molar-refractivity contribution >= 4 is 5.97 Å². The SMILES string of the molecule is Cc1ccc(C(=O)O)cc1OCc1ccno1. The lowest BCUT2D eigenvalue weighted by Gasteiger charge is -2.08. The molecule has 0 aliphatic heterocycles. The van der Waals surface area contributed by atoms with Crippen molar-refractivity contribution in [3.8, 4) is 5.75 Å². The van der Waals surface area contributed by atoms with E-state index in [0.717, 1.165) is 5.56 Å². The zero-order valence-corrected chi connectivity index (χ0v) is 9.21. The molecule has 1 aromatic heterocycles. The highest BCUT2D eigenvalue weighted by Gasteiger charge is 2.08. The number of rotatable bonds is 4. The Hall–Kier alpha value is -2.30. The number of aromatic nitrogens is 1. The Morgan fingerprint density at radius 1 is 1.47 bits per heavy atom. The van der Waals surface area contributed by atoms with Crippen LogP contribution < -0.4 is 4.74 Å². The van der Waals surface area contributed by atoms with Crippen molar-refractivity contribution in [1.29, 1.82) is 0 Å². The number of aromatic carboxylic acids is 1. The minimum Gasteiger partial charge on any atom is -0.485 e. The fourth-order valence-corrected chi connectivity index (χ4v) is 1.35. The molecule has 17 heavy (non-hydrogen) atoms. The third-order valence-electron chi connectivity index (χ3n) is 2.30. The third-order valence-corrected chi connectivity index (χ3v) is 2.30. The second kappa shape index (κ2) is 4.69. The smallest absolute Gasteiger partial charge is 0.335 e. The molecule has 2 rings (SSSR count). The van der Waals surface area contributed by atoms with Gasteiger partial charge in [0.15, 0.2) is 5.76 Å². The van der Waals surface area contributed by atoms with Crippen molar-refractivity contribution in [3.63, 3.8) is 0 Å².